The van der Waals surface area contributed by atoms with Crippen LogP contribution in [0.4, 0.5) is 0 Å². The molecule has 0 bridgehead atoms. The summed E-state index contributed by atoms with van der Waals surface area (Å²) in [5, 5.41) is 0. The summed E-state index contributed by atoms with van der Waals surface area (Å²) >= 11 is 0. The van der Waals surface area contributed by atoms with Gasteiger partial charge in [0.1, 0.15) is 0 Å². The molecule has 1 atom stereocenters. The van der Waals surface area contributed by atoms with Crippen molar-refractivity contribution in [2.75, 3.05) is 6.54 Å². The molecule has 0 heterocycles. The zero-order chi connectivity index (χ0) is 10.5. The second-order valence-electron chi connectivity index (χ2n) is 4.05. The molecular formula is C11H26N2. The maximum atomic E-state index is 6.38. The van der Waals surface area contributed by atoms with Crippen LogP contribution >= 0.6 is 0 Å². The summed E-state index contributed by atoms with van der Waals surface area (Å²) in [6, 6.07) is 0. The molecule has 0 saturated heterocycles. The Balaban J connectivity index is 4.87. The highest BCUT2D eigenvalue weighted by atomic mass is 14.8. The Kier molecular flexibility index (Phi) is 4.93. The first-order chi connectivity index (χ1) is 6.05. The summed E-state index contributed by atoms with van der Waals surface area (Å²) < 4.78 is 0. The lowest BCUT2D eigenvalue weighted by Crippen LogP contribution is -2.59. The SMILES string of the molecule is CCC(N)(CN)C(CC)(CC)CC. The fourth-order valence-electron chi connectivity index (χ4n) is 2.54. The van der Waals surface area contributed by atoms with Crippen LogP contribution in [-0.4, -0.2) is 12.1 Å². The molecule has 13 heavy (non-hydrogen) atoms. The summed E-state index contributed by atoms with van der Waals surface area (Å²) in [6.45, 7) is 9.40. The largest absolute Gasteiger partial charge is 0.329 e. The standard InChI is InChI=1S/C11H26N2/c1-5-10(6-2,7-3)11(13,8-4)9-12/h5-9,12-13H2,1-4H3. The molecule has 0 amide bonds. The van der Waals surface area contributed by atoms with Crippen molar-refractivity contribution in [2.24, 2.45) is 16.9 Å². The van der Waals surface area contributed by atoms with Crippen molar-refractivity contribution in [2.45, 2.75) is 58.9 Å². The highest BCUT2D eigenvalue weighted by Gasteiger charge is 2.42. The monoisotopic (exact) mass is 186 g/mol. The molecule has 0 fully saturated rings. The average Bonchev–Trinajstić information content (AvgIpc) is 2.20. The summed E-state index contributed by atoms with van der Waals surface area (Å²) in [4.78, 5) is 0. The highest BCUT2D eigenvalue weighted by Crippen LogP contribution is 2.41. The molecule has 0 aliphatic rings. The van der Waals surface area contributed by atoms with E-state index in [0.29, 0.717) is 6.54 Å². The summed E-state index contributed by atoms with van der Waals surface area (Å²) in [5.74, 6) is 0. The van der Waals surface area contributed by atoms with Crippen molar-refractivity contribution in [1.82, 2.24) is 0 Å². The lowest BCUT2D eigenvalue weighted by atomic mass is 9.63. The summed E-state index contributed by atoms with van der Waals surface area (Å²) in [6.07, 6.45) is 4.35. The number of hydrogen-bond donors (Lipinski definition) is 2. The first-order valence-electron chi connectivity index (χ1n) is 5.54. The highest BCUT2D eigenvalue weighted by molar-refractivity contribution is 5.00. The van der Waals surface area contributed by atoms with Gasteiger partial charge < -0.3 is 11.5 Å². The average molecular weight is 186 g/mol. The van der Waals surface area contributed by atoms with Gasteiger partial charge in [0.25, 0.3) is 0 Å². The van der Waals surface area contributed by atoms with Gasteiger partial charge in [-0.25, -0.2) is 0 Å². The van der Waals surface area contributed by atoms with Gasteiger partial charge in [-0.2, -0.15) is 0 Å². The summed E-state index contributed by atoms with van der Waals surface area (Å²) in [7, 11) is 0. The smallest absolute Gasteiger partial charge is 0.0332 e. The molecular weight excluding hydrogens is 160 g/mol. The third kappa shape index (κ3) is 2.05. The van der Waals surface area contributed by atoms with E-state index >= 15 is 0 Å². The maximum absolute atomic E-state index is 6.38. The topological polar surface area (TPSA) is 52.0 Å². The van der Waals surface area contributed by atoms with E-state index in [1.54, 1.807) is 0 Å². The van der Waals surface area contributed by atoms with Gasteiger partial charge >= 0.3 is 0 Å². The van der Waals surface area contributed by atoms with Crippen LogP contribution in [0.1, 0.15) is 53.4 Å². The Labute approximate surface area is 83.1 Å². The lowest BCUT2D eigenvalue weighted by Gasteiger charge is -2.47. The number of nitrogens with two attached hydrogens (primary N) is 2. The van der Waals surface area contributed by atoms with Crippen molar-refractivity contribution < 1.29 is 0 Å². The molecule has 2 heteroatoms. The molecule has 1 unspecified atom stereocenters. The predicted molar refractivity (Wildman–Crippen MR) is 59.6 cm³/mol. The minimum atomic E-state index is -0.175. The first-order valence-corrected chi connectivity index (χ1v) is 5.54. The van der Waals surface area contributed by atoms with E-state index in [1.165, 1.54) is 0 Å². The van der Waals surface area contributed by atoms with Crippen LogP contribution < -0.4 is 11.5 Å². The predicted octanol–water partition coefficient (Wildman–Crippen LogP) is 2.27. The van der Waals surface area contributed by atoms with E-state index in [4.69, 9.17) is 11.5 Å². The molecule has 0 aliphatic heterocycles. The fourth-order valence-corrected chi connectivity index (χ4v) is 2.54. The second kappa shape index (κ2) is 4.97. The zero-order valence-electron chi connectivity index (χ0n) is 9.69. The van der Waals surface area contributed by atoms with E-state index in [1.807, 2.05) is 0 Å². The van der Waals surface area contributed by atoms with Crippen molar-refractivity contribution in [3.63, 3.8) is 0 Å². The van der Waals surface area contributed by atoms with Crippen LogP contribution in [0.5, 0.6) is 0 Å². The van der Waals surface area contributed by atoms with Gasteiger partial charge in [0.15, 0.2) is 0 Å². The Bertz CT molecular complexity index is 127. The van der Waals surface area contributed by atoms with Gasteiger partial charge in [-0.15, -0.1) is 0 Å². The number of hydrogen-bond acceptors (Lipinski definition) is 2. The van der Waals surface area contributed by atoms with Crippen molar-refractivity contribution in [1.29, 1.82) is 0 Å². The molecule has 0 aliphatic carbocycles. The van der Waals surface area contributed by atoms with Crippen molar-refractivity contribution >= 4 is 0 Å². The third-order valence-electron chi connectivity index (χ3n) is 4.08. The zero-order valence-corrected chi connectivity index (χ0v) is 9.69. The maximum Gasteiger partial charge on any atom is 0.0332 e. The van der Waals surface area contributed by atoms with Crippen LogP contribution in [0, 0.1) is 5.41 Å². The van der Waals surface area contributed by atoms with Crippen molar-refractivity contribution in [3.8, 4) is 0 Å². The molecule has 0 aromatic rings. The molecule has 4 N–H and O–H groups in total. The van der Waals surface area contributed by atoms with E-state index < -0.39 is 0 Å². The van der Waals surface area contributed by atoms with Crippen LogP contribution in [-0.2, 0) is 0 Å². The quantitative estimate of drug-likeness (QED) is 0.668. The van der Waals surface area contributed by atoms with E-state index in [2.05, 4.69) is 27.7 Å². The van der Waals surface area contributed by atoms with Gasteiger partial charge in [-0.1, -0.05) is 27.7 Å². The van der Waals surface area contributed by atoms with Crippen LogP contribution in [0.2, 0.25) is 0 Å². The molecule has 0 aromatic heterocycles. The molecule has 0 aromatic carbocycles. The van der Waals surface area contributed by atoms with E-state index in [0.717, 1.165) is 25.7 Å². The first kappa shape index (κ1) is 12.9. The Morgan fingerprint density at radius 2 is 1.23 bits per heavy atom. The van der Waals surface area contributed by atoms with E-state index in [-0.39, 0.29) is 11.0 Å². The van der Waals surface area contributed by atoms with Crippen LogP contribution in [0.25, 0.3) is 0 Å². The Morgan fingerprint density at radius 1 is 0.846 bits per heavy atom. The molecule has 0 spiro atoms. The number of rotatable bonds is 6. The van der Waals surface area contributed by atoms with Gasteiger partial charge in [0, 0.05) is 12.1 Å². The van der Waals surface area contributed by atoms with Crippen LogP contribution in [0.3, 0.4) is 0 Å². The Hall–Kier alpha value is -0.0800. The normalized spacial score (nSPS) is 17.1. The lowest BCUT2D eigenvalue weighted by molar-refractivity contribution is 0.100. The second-order valence-corrected chi connectivity index (χ2v) is 4.05. The van der Waals surface area contributed by atoms with Gasteiger partial charge in [-0.3, -0.25) is 0 Å². The van der Waals surface area contributed by atoms with Gasteiger partial charge in [-0.05, 0) is 31.1 Å². The molecule has 2 nitrogen and oxygen atoms in total. The van der Waals surface area contributed by atoms with E-state index in [9.17, 15) is 0 Å². The third-order valence-corrected chi connectivity index (χ3v) is 4.08. The molecule has 0 radical (unpaired) electrons. The molecule has 0 rings (SSSR count). The fraction of sp³-hybridized carbons (Fsp3) is 1.00. The van der Waals surface area contributed by atoms with Gasteiger partial charge in [0.2, 0.25) is 0 Å². The minimum Gasteiger partial charge on any atom is -0.329 e. The summed E-state index contributed by atoms with van der Waals surface area (Å²) in [5.41, 5.74) is 12.2. The van der Waals surface area contributed by atoms with Crippen molar-refractivity contribution in [3.05, 3.63) is 0 Å². The Morgan fingerprint density at radius 3 is 1.31 bits per heavy atom. The van der Waals surface area contributed by atoms with Crippen LogP contribution in [0.15, 0.2) is 0 Å². The molecule has 0 saturated carbocycles. The minimum absolute atomic E-state index is 0.175. The van der Waals surface area contributed by atoms with Gasteiger partial charge in [0.05, 0.1) is 0 Å². The molecule has 80 valence electrons.